The molecule has 1 aliphatic rings. The first-order valence-corrected chi connectivity index (χ1v) is 7.74. The Hall–Kier alpha value is -2.38. The first kappa shape index (κ1) is 19.0. The van der Waals surface area contributed by atoms with Crippen molar-refractivity contribution < 1.29 is 13.9 Å². The molecule has 0 aliphatic carbocycles. The maximum absolute atomic E-state index is 13.7. The van der Waals surface area contributed by atoms with Crippen molar-refractivity contribution in [3.63, 3.8) is 0 Å². The van der Waals surface area contributed by atoms with Gasteiger partial charge >= 0.3 is 0 Å². The summed E-state index contributed by atoms with van der Waals surface area (Å²) < 4.78 is 18.5. The van der Waals surface area contributed by atoms with Gasteiger partial charge in [0.1, 0.15) is 5.82 Å². The zero-order valence-electron chi connectivity index (χ0n) is 13.8. The Kier molecular flexibility index (Phi) is 6.55. The molecule has 1 amide bonds. The smallest absolute Gasteiger partial charge is 0.256 e. The number of amides is 1. The Bertz CT molecular complexity index is 721. The molecule has 1 saturated heterocycles. The van der Waals surface area contributed by atoms with Gasteiger partial charge in [-0.2, -0.15) is 0 Å². The van der Waals surface area contributed by atoms with E-state index >= 15 is 0 Å². The van der Waals surface area contributed by atoms with Crippen LogP contribution in [0.2, 0.25) is 0 Å². The molecule has 0 bridgehead atoms. The number of nitrogens with one attached hydrogen (secondary N) is 2. The lowest BCUT2D eigenvalue weighted by Crippen LogP contribution is -2.43. The summed E-state index contributed by atoms with van der Waals surface area (Å²) in [6.45, 7) is 3.75. The predicted molar refractivity (Wildman–Crippen MR) is 97.5 cm³/mol. The van der Waals surface area contributed by atoms with Crippen LogP contribution < -0.4 is 20.3 Å². The minimum Gasteiger partial charge on any atom is -0.494 e. The number of hydrogen-bond donors (Lipinski definition) is 2. The van der Waals surface area contributed by atoms with E-state index in [4.69, 9.17) is 4.74 Å². The molecule has 2 aromatic rings. The summed E-state index contributed by atoms with van der Waals surface area (Å²) in [4.78, 5) is 18.7. The fourth-order valence-corrected chi connectivity index (χ4v) is 2.57. The molecule has 3 rings (SSSR count). The van der Waals surface area contributed by atoms with Gasteiger partial charge in [0.2, 0.25) is 0 Å². The van der Waals surface area contributed by atoms with Crippen molar-refractivity contribution in [2.24, 2.45) is 0 Å². The second kappa shape index (κ2) is 8.64. The van der Waals surface area contributed by atoms with Crippen LogP contribution in [0.3, 0.4) is 0 Å². The molecule has 0 spiro atoms. The molecule has 1 fully saturated rings. The summed E-state index contributed by atoms with van der Waals surface area (Å²) in [6, 6.07) is 7.73. The van der Waals surface area contributed by atoms with Crippen LogP contribution in [0.5, 0.6) is 5.75 Å². The van der Waals surface area contributed by atoms with Gasteiger partial charge in [-0.3, -0.25) is 4.79 Å². The Labute approximate surface area is 151 Å². The molecule has 6 nitrogen and oxygen atoms in total. The van der Waals surface area contributed by atoms with E-state index in [0.29, 0.717) is 5.82 Å². The molecule has 134 valence electrons. The molecular weight excluding hydrogens is 347 g/mol. The minimum absolute atomic E-state index is 0. The zero-order valence-corrected chi connectivity index (χ0v) is 14.6. The van der Waals surface area contributed by atoms with Gasteiger partial charge < -0.3 is 20.3 Å². The van der Waals surface area contributed by atoms with Crippen molar-refractivity contribution in [2.45, 2.75) is 0 Å². The number of anilines is 2. The van der Waals surface area contributed by atoms with Gasteiger partial charge in [0.25, 0.3) is 5.91 Å². The molecule has 8 heteroatoms. The molecule has 0 radical (unpaired) electrons. The summed E-state index contributed by atoms with van der Waals surface area (Å²) in [7, 11) is 1.38. The van der Waals surface area contributed by atoms with Crippen LogP contribution in [0.4, 0.5) is 15.9 Å². The summed E-state index contributed by atoms with van der Waals surface area (Å²) in [5.74, 6) is -0.466. The van der Waals surface area contributed by atoms with Gasteiger partial charge in [0, 0.05) is 31.7 Å². The molecule has 25 heavy (non-hydrogen) atoms. The topological polar surface area (TPSA) is 66.5 Å². The van der Waals surface area contributed by atoms with Gasteiger partial charge in [-0.05, 0) is 30.3 Å². The highest BCUT2D eigenvalue weighted by atomic mass is 35.5. The van der Waals surface area contributed by atoms with Crippen molar-refractivity contribution in [2.75, 3.05) is 43.5 Å². The van der Waals surface area contributed by atoms with E-state index in [2.05, 4.69) is 20.5 Å². The average Bonchev–Trinajstić information content (AvgIpc) is 2.63. The Morgan fingerprint density at radius 1 is 1.28 bits per heavy atom. The first-order chi connectivity index (χ1) is 11.7. The zero-order chi connectivity index (χ0) is 16.9. The third kappa shape index (κ3) is 4.58. The van der Waals surface area contributed by atoms with E-state index in [9.17, 15) is 9.18 Å². The fourth-order valence-electron chi connectivity index (χ4n) is 2.57. The number of halogens is 2. The molecule has 1 aromatic carbocycles. The number of nitrogens with zero attached hydrogens (tertiary/aromatic N) is 2. The SMILES string of the molecule is COc1ccc(C(=O)Nc2ccc(N3CCNCC3)cn2)cc1F.Cl. The number of methoxy groups -OCH3 is 1. The third-order valence-corrected chi connectivity index (χ3v) is 3.89. The van der Waals surface area contributed by atoms with Crippen molar-refractivity contribution in [3.8, 4) is 5.75 Å². The van der Waals surface area contributed by atoms with Crippen LogP contribution in [0.15, 0.2) is 36.5 Å². The van der Waals surface area contributed by atoms with E-state index in [0.717, 1.165) is 37.9 Å². The van der Waals surface area contributed by atoms with E-state index < -0.39 is 11.7 Å². The van der Waals surface area contributed by atoms with E-state index in [1.165, 1.54) is 19.2 Å². The van der Waals surface area contributed by atoms with Crippen LogP contribution in [0, 0.1) is 5.82 Å². The summed E-state index contributed by atoms with van der Waals surface area (Å²) >= 11 is 0. The number of rotatable bonds is 4. The maximum atomic E-state index is 13.7. The minimum atomic E-state index is -0.577. The Morgan fingerprint density at radius 2 is 2.04 bits per heavy atom. The number of carbonyl (C=O) groups is 1. The summed E-state index contributed by atoms with van der Waals surface area (Å²) in [6.07, 6.45) is 1.73. The number of benzene rings is 1. The van der Waals surface area contributed by atoms with Crippen LogP contribution in [-0.4, -0.2) is 44.2 Å². The standard InChI is InChI=1S/C17H19FN4O2.ClH/c1-24-15-4-2-12(10-14(15)18)17(23)21-16-5-3-13(11-20-16)22-8-6-19-7-9-22;/h2-5,10-11,19H,6-9H2,1H3,(H,20,21,23);1H. The molecule has 2 N–H and O–H groups in total. The second-order valence-electron chi connectivity index (χ2n) is 5.44. The lowest BCUT2D eigenvalue weighted by molar-refractivity contribution is 0.102. The fraction of sp³-hybridized carbons (Fsp3) is 0.294. The number of hydrogen-bond acceptors (Lipinski definition) is 5. The molecule has 2 heterocycles. The molecule has 0 atom stereocenters. The monoisotopic (exact) mass is 366 g/mol. The summed E-state index contributed by atoms with van der Waals surface area (Å²) in [5, 5.41) is 5.96. The lowest BCUT2D eigenvalue weighted by Gasteiger charge is -2.29. The Morgan fingerprint density at radius 3 is 2.64 bits per heavy atom. The number of piperazine rings is 1. The molecule has 0 unspecified atom stereocenters. The molecule has 0 saturated carbocycles. The number of pyridine rings is 1. The number of aromatic nitrogens is 1. The predicted octanol–water partition coefficient (Wildman–Crippen LogP) is 2.31. The molecule has 1 aromatic heterocycles. The molecular formula is C17H20ClFN4O2. The number of carbonyl (C=O) groups excluding carboxylic acids is 1. The maximum Gasteiger partial charge on any atom is 0.256 e. The summed E-state index contributed by atoms with van der Waals surface area (Å²) in [5.41, 5.74) is 1.23. The third-order valence-electron chi connectivity index (χ3n) is 3.89. The quantitative estimate of drug-likeness (QED) is 0.869. The normalized spacial score (nSPS) is 13.8. The van der Waals surface area contributed by atoms with Gasteiger partial charge in [-0.25, -0.2) is 9.37 Å². The van der Waals surface area contributed by atoms with Crippen molar-refractivity contribution in [1.29, 1.82) is 0 Å². The highest BCUT2D eigenvalue weighted by Gasteiger charge is 2.13. The van der Waals surface area contributed by atoms with E-state index in [-0.39, 0.29) is 23.7 Å². The van der Waals surface area contributed by atoms with Gasteiger partial charge in [0.05, 0.1) is 19.0 Å². The first-order valence-electron chi connectivity index (χ1n) is 7.74. The second-order valence-corrected chi connectivity index (χ2v) is 5.44. The average molecular weight is 367 g/mol. The largest absolute Gasteiger partial charge is 0.494 e. The van der Waals surface area contributed by atoms with Crippen molar-refractivity contribution in [3.05, 3.63) is 47.9 Å². The molecule has 1 aliphatic heterocycles. The lowest BCUT2D eigenvalue weighted by atomic mass is 10.2. The van der Waals surface area contributed by atoms with Crippen LogP contribution in [-0.2, 0) is 0 Å². The number of ether oxygens (including phenoxy) is 1. The Balaban J connectivity index is 0.00000225. The van der Waals surface area contributed by atoms with Crippen molar-refractivity contribution in [1.82, 2.24) is 10.3 Å². The highest BCUT2D eigenvalue weighted by Crippen LogP contribution is 2.19. The van der Waals surface area contributed by atoms with Crippen molar-refractivity contribution >= 4 is 29.8 Å². The van der Waals surface area contributed by atoms with Crippen LogP contribution in [0.25, 0.3) is 0 Å². The van der Waals surface area contributed by atoms with E-state index in [1.807, 2.05) is 6.07 Å². The van der Waals surface area contributed by atoms with Crippen LogP contribution >= 0.6 is 12.4 Å². The van der Waals surface area contributed by atoms with E-state index in [1.54, 1.807) is 12.3 Å². The van der Waals surface area contributed by atoms with Gasteiger partial charge in [0.15, 0.2) is 11.6 Å². The highest BCUT2D eigenvalue weighted by molar-refractivity contribution is 6.03. The van der Waals surface area contributed by atoms with Gasteiger partial charge in [-0.15, -0.1) is 12.4 Å². The van der Waals surface area contributed by atoms with Gasteiger partial charge in [-0.1, -0.05) is 0 Å². The van der Waals surface area contributed by atoms with Crippen LogP contribution in [0.1, 0.15) is 10.4 Å².